The van der Waals surface area contributed by atoms with Crippen molar-refractivity contribution in [2.24, 2.45) is 24.6 Å². The molecule has 134 valence electrons. The Balaban J connectivity index is 1.52. The Morgan fingerprint density at radius 2 is 2.08 bits per heavy atom. The fraction of sp³-hybridized carbons (Fsp3) is 0.611. The largest absolute Gasteiger partial charge is 0.440 e. The van der Waals surface area contributed by atoms with E-state index in [1.807, 2.05) is 13.2 Å². The molecule has 0 saturated heterocycles. The van der Waals surface area contributed by atoms with E-state index in [0.29, 0.717) is 29.2 Å². The molecule has 2 aromatic rings. The van der Waals surface area contributed by atoms with Crippen LogP contribution in [-0.4, -0.2) is 32.8 Å². The van der Waals surface area contributed by atoms with Gasteiger partial charge in [0, 0.05) is 25.3 Å². The number of carbonyl (C=O) groups is 1. The maximum Gasteiger partial charge on any atom is 0.273 e. The third-order valence-corrected chi connectivity index (χ3v) is 5.64. The molecule has 2 aliphatic rings. The maximum atomic E-state index is 12.8. The molecular weight excluding hydrogens is 318 g/mol. The molecule has 25 heavy (non-hydrogen) atoms. The molecule has 0 spiro atoms. The second-order valence-corrected chi connectivity index (χ2v) is 7.51. The van der Waals surface area contributed by atoms with Crippen molar-refractivity contribution in [1.29, 1.82) is 0 Å². The summed E-state index contributed by atoms with van der Waals surface area (Å²) < 4.78 is 7.37. The van der Waals surface area contributed by atoms with Gasteiger partial charge in [0.25, 0.3) is 5.91 Å². The Labute approximate surface area is 147 Å². The zero-order valence-corrected chi connectivity index (χ0v) is 14.7. The van der Waals surface area contributed by atoms with Crippen molar-refractivity contribution in [1.82, 2.24) is 20.1 Å². The number of nitrogens with zero attached hydrogens (tertiary/aromatic N) is 3. The van der Waals surface area contributed by atoms with E-state index >= 15 is 0 Å². The summed E-state index contributed by atoms with van der Waals surface area (Å²) in [4.78, 5) is 17.2. The molecule has 2 heterocycles. The first-order chi connectivity index (χ1) is 12.0. The van der Waals surface area contributed by atoms with E-state index in [4.69, 9.17) is 10.2 Å². The lowest BCUT2D eigenvalue weighted by molar-refractivity contribution is 0.0751. The number of fused-ring (bicyclic) bond motifs is 2. The number of hydrogen-bond donors (Lipinski definition) is 2. The Morgan fingerprint density at radius 1 is 1.36 bits per heavy atom. The molecule has 0 aliphatic heterocycles. The van der Waals surface area contributed by atoms with Gasteiger partial charge in [-0.3, -0.25) is 9.48 Å². The van der Waals surface area contributed by atoms with E-state index in [1.54, 1.807) is 17.8 Å². The Hall–Kier alpha value is -2.15. The van der Waals surface area contributed by atoms with Gasteiger partial charge in [-0.15, -0.1) is 0 Å². The number of nitrogens with one attached hydrogen (secondary N) is 1. The summed E-state index contributed by atoms with van der Waals surface area (Å²) in [5, 5.41) is 7.35. The monoisotopic (exact) mass is 343 g/mol. The SMILES string of the molecule is Cc1oc(-c2cnn(C)c2)nc1C(=O)NC1C2CCCC1CC(N)C2. The molecule has 0 radical (unpaired) electrons. The molecule has 0 aromatic carbocycles. The van der Waals surface area contributed by atoms with E-state index in [0.717, 1.165) is 31.2 Å². The van der Waals surface area contributed by atoms with Gasteiger partial charge in [-0.1, -0.05) is 6.42 Å². The predicted molar refractivity (Wildman–Crippen MR) is 92.7 cm³/mol. The minimum atomic E-state index is -0.145. The van der Waals surface area contributed by atoms with E-state index in [1.165, 1.54) is 6.42 Å². The number of aromatic nitrogens is 3. The second kappa shape index (κ2) is 6.29. The number of nitrogens with two attached hydrogens (primary N) is 1. The van der Waals surface area contributed by atoms with Crippen molar-refractivity contribution < 1.29 is 9.21 Å². The smallest absolute Gasteiger partial charge is 0.273 e. The van der Waals surface area contributed by atoms with Crippen LogP contribution in [0.2, 0.25) is 0 Å². The van der Waals surface area contributed by atoms with E-state index in [2.05, 4.69) is 15.4 Å². The first kappa shape index (κ1) is 16.3. The Bertz CT molecular complexity index is 766. The second-order valence-electron chi connectivity index (χ2n) is 7.51. The van der Waals surface area contributed by atoms with Crippen molar-refractivity contribution >= 4 is 5.91 Å². The number of oxazole rings is 1. The lowest BCUT2D eigenvalue weighted by Crippen LogP contribution is -2.53. The van der Waals surface area contributed by atoms with E-state index in [-0.39, 0.29) is 18.0 Å². The summed E-state index contributed by atoms with van der Waals surface area (Å²) in [6.45, 7) is 1.78. The molecule has 2 unspecified atom stereocenters. The fourth-order valence-corrected chi connectivity index (χ4v) is 4.51. The normalized spacial score (nSPS) is 28.8. The lowest BCUT2D eigenvalue weighted by Gasteiger charge is -2.45. The number of carbonyl (C=O) groups excluding carboxylic acids is 1. The van der Waals surface area contributed by atoms with Crippen LogP contribution in [-0.2, 0) is 7.05 Å². The van der Waals surface area contributed by atoms with Gasteiger partial charge >= 0.3 is 0 Å². The standard InChI is InChI=1S/C18H25N5O2/c1-10-15(22-18(25-10)13-8-20-23(2)9-13)17(24)21-16-11-4-3-5-12(16)7-14(19)6-11/h8-9,11-12,14,16H,3-7,19H2,1-2H3,(H,21,24). The molecule has 2 saturated carbocycles. The van der Waals surface area contributed by atoms with Crippen molar-refractivity contribution in [2.45, 2.75) is 51.1 Å². The zero-order valence-electron chi connectivity index (χ0n) is 14.7. The molecule has 2 aromatic heterocycles. The number of aryl methyl sites for hydroxylation is 2. The van der Waals surface area contributed by atoms with Crippen LogP contribution < -0.4 is 11.1 Å². The zero-order chi connectivity index (χ0) is 17.6. The highest BCUT2D eigenvalue weighted by atomic mass is 16.4. The molecule has 7 nitrogen and oxygen atoms in total. The number of amides is 1. The van der Waals surface area contributed by atoms with Crippen LogP contribution in [0.15, 0.2) is 16.8 Å². The van der Waals surface area contributed by atoms with Crippen molar-refractivity contribution in [3.8, 4) is 11.5 Å². The van der Waals surface area contributed by atoms with Gasteiger partial charge in [0.2, 0.25) is 5.89 Å². The van der Waals surface area contributed by atoms with E-state index in [9.17, 15) is 4.79 Å². The summed E-state index contributed by atoms with van der Waals surface area (Å²) in [5.74, 6) is 1.79. The van der Waals surface area contributed by atoms with Crippen LogP contribution >= 0.6 is 0 Å². The van der Waals surface area contributed by atoms with Crippen LogP contribution in [0.5, 0.6) is 0 Å². The summed E-state index contributed by atoms with van der Waals surface area (Å²) >= 11 is 0. The Kier molecular flexibility index (Phi) is 4.11. The summed E-state index contributed by atoms with van der Waals surface area (Å²) in [6.07, 6.45) is 9.03. The highest BCUT2D eigenvalue weighted by Crippen LogP contribution is 2.39. The van der Waals surface area contributed by atoms with Crippen molar-refractivity contribution in [2.75, 3.05) is 0 Å². The Morgan fingerprint density at radius 3 is 2.72 bits per heavy atom. The van der Waals surface area contributed by atoms with Gasteiger partial charge in [0.15, 0.2) is 5.69 Å². The minimum Gasteiger partial charge on any atom is -0.440 e. The third kappa shape index (κ3) is 3.08. The van der Waals surface area contributed by atoms with Crippen molar-refractivity contribution in [3.05, 3.63) is 23.8 Å². The lowest BCUT2D eigenvalue weighted by atomic mass is 9.67. The first-order valence-corrected chi connectivity index (χ1v) is 9.04. The summed E-state index contributed by atoms with van der Waals surface area (Å²) in [5.41, 5.74) is 7.31. The van der Waals surface area contributed by atoms with Gasteiger partial charge in [-0.2, -0.15) is 5.10 Å². The van der Waals surface area contributed by atoms with Crippen LogP contribution in [0.3, 0.4) is 0 Å². The first-order valence-electron chi connectivity index (χ1n) is 9.04. The fourth-order valence-electron chi connectivity index (χ4n) is 4.51. The molecular formula is C18H25N5O2. The highest BCUT2D eigenvalue weighted by molar-refractivity contribution is 5.94. The molecule has 2 atom stereocenters. The average molecular weight is 343 g/mol. The maximum absolute atomic E-state index is 12.8. The van der Waals surface area contributed by atoms with Crippen LogP contribution in [0.1, 0.15) is 48.4 Å². The highest BCUT2D eigenvalue weighted by Gasteiger charge is 2.40. The molecule has 7 heteroatoms. The minimum absolute atomic E-state index is 0.145. The summed E-state index contributed by atoms with van der Waals surface area (Å²) in [7, 11) is 1.83. The van der Waals surface area contributed by atoms with E-state index < -0.39 is 0 Å². The third-order valence-electron chi connectivity index (χ3n) is 5.64. The van der Waals surface area contributed by atoms with Crippen LogP contribution in [0, 0.1) is 18.8 Å². The van der Waals surface area contributed by atoms with Gasteiger partial charge in [-0.25, -0.2) is 4.98 Å². The topological polar surface area (TPSA) is 99.0 Å². The predicted octanol–water partition coefficient (Wildman–Crippen LogP) is 2.02. The molecule has 4 rings (SSSR count). The van der Waals surface area contributed by atoms with Gasteiger partial charge < -0.3 is 15.5 Å². The quantitative estimate of drug-likeness (QED) is 0.888. The van der Waals surface area contributed by atoms with Crippen LogP contribution in [0.25, 0.3) is 11.5 Å². The average Bonchev–Trinajstić information content (AvgIpc) is 3.14. The molecule has 2 fully saturated rings. The van der Waals surface area contributed by atoms with Gasteiger partial charge in [-0.05, 0) is 44.4 Å². The summed E-state index contributed by atoms with van der Waals surface area (Å²) in [6, 6.07) is 0.480. The van der Waals surface area contributed by atoms with Gasteiger partial charge in [0.1, 0.15) is 5.76 Å². The van der Waals surface area contributed by atoms with Gasteiger partial charge in [0.05, 0.1) is 11.8 Å². The molecule has 3 N–H and O–H groups in total. The number of hydrogen-bond acceptors (Lipinski definition) is 5. The molecule has 1 amide bonds. The molecule has 2 aliphatic carbocycles. The molecule has 2 bridgehead atoms. The van der Waals surface area contributed by atoms with Crippen LogP contribution in [0.4, 0.5) is 0 Å². The van der Waals surface area contributed by atoms with Crippen molar-refractivity contribution in [3.63, 3.8) is 0 Å². The number of rotatable bonds is 3.